The molecule has 1 aliphatic rings. The normalized spacial score (nSPS) is 14.1. The summed E-state index contributed by atoms with van der Waals surface area (Å²) in [5, 5.41) is 6.02. The summed E-state index contributed by atoms with van der Waals surface area (Å²) >= 11 is 0. The largest absolute Gasteiger partial charge is 0.486 e. The van der Waals surface area contributed by atoms with Gasteiger partial charge in [-0.05, 0) is 31.5 Å². The third kappa shape index (κ3) is 3.86. The molecule has 6 nitrogen and oxygen atoms in total. The van der Waals surface area contributed by atoms with Crippen molar-refractivity contribution in [3.8, 4) is 11.5 Å². The Morgan fingerprint density at radius 3 is 2.56 bits per heavy atom. The Balaban J connectivity index is 1.76. The molecule has 0 saturated heterocycles. The first-order chi connectivity index (χ1) is 12.6. The fourth-order valence-electron chi connectivity index (χ4n) is 2.87. The Labute approximate surface area is 154 Å². The summed E-state index contributed by atoms with van der Waals surface area (Å²) in [5.74, 6) is 0.744. The van der Waals surface area contributed by atoms with Gasteiger partial charge in [0.05, 0.1) is 5.41 Å². The van der Waals surface area contributed by atoms with Gasteiger partial charge in [0.15, 0.2) is 17.2 Å². The van der Waals surface area contributed by atoms with Gasteiger partial charge in [-0.1, -0.05) is 6.07 Å². The number of alkyl halides is 3. The second-order valence-electron chi connectivity index (χ2n) is 6.84. The van der Waals surface area contributed by atoms with Crippen LogP contribution in [0.15, 0.2) is 24.4 Å². The fourth-order valence-corrected chi connectivity index (χ4v) is 2.87. The predicted octanol–water partition coefficient (Wildman–Crippen LogP) is 2.80. The lowest BCUT2D eigenvalue weighted by atomic mass is 9.83. The van der Waals surface area contributed by atoms with Gasteiger partial charge in [-0.3, -0.25) is 9.48 Å². The highest BCUT2D eigenvalue weighted by Gasteiger charge is 2.37. The van der Waals surface area contributed by atoms with Crippen molar-refractivity contribution in [2.24, 2.45) is 7.05 Å². The van der Waals surface area contributed by atoms with Crippen LogP contribution in [0.1, 0.15) is 30.7 Å². The summed E-state index contributed by atoms with van der Waals surface area (Å²) in [6, 6.07) is 5.19. The second kappa shape index (κ2) is 6.79. The van der Waals surface area contributed by atoms with Crippen LogP contribution in [0.4, 0.5) is 13.2 Å². The molecule has 1 amide bonds. The number of nitrogens with zero attached hydrogens (tertiary/aromatic N) is 2. The van der Waals surface area contributed by atoms with Gasteiger partial charge >= 0.3 is 6.18 Å². The van der Waals surface area contributed by atoms with Gasteiger partial charge in [-0.2, -0.15) is 18.3 Å². The summed E-state index contributed by atoms with van der Waals surface area (Å²) in [5.41, 5.74) is -1.39. The Hall–Kier alpha value is -2.71. The zero-order chi connectivity index (χ0) is 19.8. The lowest BCUT2D eigenvalue weighted by Gasteiger charge is -2.26. The summed E-state index contributed by atoms with van der Waals surface area (Å²) in [6.45, 7) is 4.01. The van der Waals surface area contributed by atoms with Crippen LogP contribution in [-0.2, 0) is 30.0 Å². The van der Waals surface area contributed by atoms with Crippen molar-refractivity contribution in [2.75, 3.05) is 13.2 Å². The lowest BCUT2D eigenvalue weighted by Crippen LogP contribution is -2.40. The van der Waals surface area contributed by atoms with Crippen LogP contribution in [0.3, 0.4) is 0 Å². The van der Waals surface area contributed by atoms with E-state index < -0.39 is 23.2 Å². The van der Waals surface area contributed by atoms with Crippen LogP contribution in [0.25, 0.3) is 0 Å². The molecule has 1 aromatic carbocycles. The van der Waals surface area contributed by atoms with Crippen LogP contribution < -0.4 is 14.8 Å². The maximum absolute atomic E-state index is 13.0. The summed E-state index contributed by atoms with van der Waals surface area (Å²) in [6.07, 6.45) is -3.33. The van der Waals surface area contributed by atoms with E-state index in [2.05, 4.69) is 10.4 Å². The molecule has 0 spiro atoms. The number of ether oxygens (including phenoxy) is 2. The van der Waals surface area contributed by atoms with Gasteiger partial charge in [-0.15, -0.1) is 0 Å². The molecule has 0 bridgehead atoms. The third-order valence-corrected chi connectivity index (χ3v) is 4.44. The first-order valence-corrected chi connectivity index (χ1v) is 8.37. The van der Waals surface area contributed by atoms with Crippen molar-refractivity contribution in [2.45, 2.75) is 32.0 Å². The highest BCUT2D eigenvalue weighted by atomic mass is 19.4. The number of amides is 1. The van der Waals surface area contributed by atoms with Crippen LogP contribution in [-0.4, -0.2) is 28.9 Å². The molecule has 2 aromatic rings. The monoisotopic (exact) mass is 383 g/mol. The Morgan fingerprint density at radius 2 is 1.89 bits per heavy atom. The molecule has 0 fully saturated rings. The molecule has 1 N–H and O–H groups in total. The van der Waals surface area contributed by atoms with Gasteiger partial charge in [0, 0.05) is 25.4 Å². The van der Waals surface area contributed by atoms with Gasteiger partial charge in [0.2, 0.25) is 5.91 Å². The summed E-state index contributed by atoms with van der Waals surface area (Å²) < 4.78 is 51.2. The van der Waals surface area contributed by atoms with Crippen LogP contribution in [0.5, 0.6) is 11.5 Å². The Bertz CT molecular complexity index is 859. The number of carbonyl (C=O) groups is 1. The van der Waals surface area contributed by atoms with E-state index in [0.717, 1.165) is 4.68 Å². The number of aromatic nitrogens is 2. The number of hydrogen-bond acceptors (Lipinski definition) is 4. The van der Waals surface area contributed by atoms with Gasteiger partial charge in [0.1, 0.15) is 13.2 Å². The van der Waals surface area contributed by atoms with Crippen LogP contribution in [0.2, 0.25) is 0 Å². The van der Waals surface area contributed by atoms with E-state index in [1.807, 2.05) is 0 Å². The number of carbonyl (C=O) groups excluding carboxylic acids is 1. The van der Waals surface area contributed by atoms with E-state index in [1.54, 1.807) is 32.0 Å². The molecular weight excluding hydrogens is 363 g/mol. The lowest BCUT2D eigenvalue weighted by molar-refractivity contribution is -0.142. The number of nitrogens with one attached hydrogen (secondary N) is 1. The van der Waals surface area contributed by atoms with E-state index in [-0.39, 0.29) is 12.1 Å². The van der Waals surface area contributed by atoms with Crippen molar-refractivity contribution in [1.82, 2.24) is 15.1 Å². The molecular formula is C18H20F3N3O3. The second-order valence-corrected chi connectivity index (χ2v) is 6.84. The SMILES string of the molecule is Cn1cc(CNC(=O)C(C)(C)c2ccc3c(c2)OCCO3)c(C(F)(F)F)n1. The minimum atomic E-state index is -4.58. The molecule has 146 valence electrons. The van der Waals surface area contributed by atoms with Crippen LogP contribution >= 0.6 is 0 Å². The highest BCUT2D eigenvalue weighted by Crippen LogP contribution is 2.35. The van der Waals surface area contributed by atoms with Gasteiger partial charge < -0.3 is 14.8 Å². The number of fused-ring (bicyclic) bond motifs is 1. The number of aryl methyl sites for hydroxylation is 1. The molecule has 3 rings (SSSR count). The van der Waals surface area contributed by atoms with Crippen molar-refractivity contribution in [1.29, 1.82) is 0 Å². The van der Waals surface area contributed by atoms with E-state index in [0.29, 0.717) is 30.3 Å². The molecule has 1 aliphatic heterocycles. The van der Waals surface area contributed by atoms with Crippen molar-refractivity contribution >= 4 is 5.91 Å². The smallest absolute Gasteiger partial charge is 0.435 e. The van der Waals surface area contributed by atoms with E-state index >= 15 is 0 Å². The molecule has 0 radical (unpaired) electrons. The van der Waals surface area contributed by atoms with Gasteiger partial charge in [0.25, 0.3) is 0 Å². The molecule has 0 aliphatic carbocycles. The standard InChI is InChI=1S/C18H20F3N3O3/c1-17(2,12-4-5-13-14(8-12)27-7-6-26-13)16(25)22-9-11-10-24(3)23-15(11)18(19,20)21/h4-5,8,10H,6-7,9H2,1-3H3,(H,22,25). The quantitative estimate of drug-likeness (QED) is 0.882. The number of rotatable bonds is 4. The zero-order valence-corrected chi connectivity index (χ0v) is 15.2. The fraction of sp³-hybridized carbons (Fsp3) is 0.444. The number of hydrogen-bond donors (Lipinski definition) is 1. The third-order valence-electron chi connectivity index (χ3n) is 4.44. The topological polar surface area (TPSA) is 65.4 Å². The Morgan fingerprint density at radius 1 is 1.22 bits per heavy atom. The maximum atomic E-state index is 13.0. The maximum Gasteiger partial charge on any atom is 0.435 e. The van der Waals surface area contributed by atoms with E-state index in [4.69, 9.17) is 9.47 Å². The average molecular weight is 383 g/mol. The Kier molecular flexibility index (Phi) is 4.79. The summed E-state index contributed by atoms with van der Waals surface area (Å²) in [4.78, 5) is 12.7. The zero-order valence-electron chi connectivity index (χ0n) is 15.2. The highest BCUT2D eigenvalue weighted by molar-refractivity contribution is 5.87. The molecule has 0 saturated carbocycles. The first-order valence-electron chi connectivity index (χ1n) is 8.37. The molecule has 9 heteroatoms. The van der Waals surface area contributed by atoms with Crippen molar-refractivity contribution in [3.05, 3.63) is 41.2 Å². The molecule has 0 unspecified atom stereocenters. The van der Waals surface area contributed by atoms with Crippen molar-refractivity contribution in [3.63, 3.8) is 0 Å². The number of benzene rings is 1. The minimum absolute atomic E-state index is 0.0867. The average Bonchev–Trinajstić information content (AvgIpc) is 3.00. The van der Waals surface area contributed by atoms with E-state index in [1.165, 1.54) is 13.2 Å². The molecule has 27 heavy (non-hydrogen) atoms. The number of halogens is 3. The molecule has 1 aromatic heterocycles. The van der Waals surface area contributed by atoms with E-state index in [9.17, 15) is 18.0 Å². The van der Waals surface area contributed by atoms with Crippen LogP contribution in [0, 0.1) is 0 Å². The molecule has 0 atom stereocenters. The molecule has 2 heterocycles. The van der Waals surface area contributed by atoms with Crippen molar-refractivity contribution < 1.29 is 27.4 Å². The summed E-state index contributed by atoms with van der Waals surface area (Å²) in [7, 11) is 1.40. The van der Waals surface area contributed by atoms with Gasteiger partial charge in [-0.25, -0.2) is 0 Å². The predicted molar refractivity (Wildman–Crippen MR) is 90.5 cm³/mol. The minimum Gasteiger partial charge on any atom is -0.486 e. The first kappa shape index (κ1) is 19.1.